The van der Waals surface area contributed by atoms with Crippen LogP contribution in [0.2, 0.25) is 5.02 Å². The number of methoxy groups -OCH3 is 1. The van der Waals surface area contributed by atoms with Gasteiger partial charge in [0.1, 0.15) is 6.61 Å². The number of benzene rings is 2. The fraction of sp³-hybridized carbons (Fsp3) is 0.400. The Labute approximate surface area is 207 Å². The molecule has 0 bridgehead atoms. The molecule has 1 amide bonds. The maximum atomic E-state index is 12.4. The Morgan fingerprint density at radius 1 is 1.15 bits per heavy atom. The van der Waals surface area contributed by atoms with Gasteiger partial charge in [-0.3, -0.25) is 10.2 Å². The summed E-state index contributed by atoms with van der Waals surface area (Å²) in [5, 5.41) is 0.653. The van der Waals surface area contributed by atoms with Crippen molar-refractivity contribution < 1.29 is 22.7 Å². The van der Waals surface area contributed by atoms with Gasteiger partial charge in [-0.15, -0.1) is 4.41 Å². The Kier molecular flexibility index (Phi) is 10.7. The van der Waals surface area contributed by atoms with Crippen molar-refractivity contribution in [2.24, 2.45) is 5.92 Å². The lowest BCUT2D eigenvalue weighted by atomic mass is 10.1. The standard InChI is InChI=1S/C25H31ClN2O5S/c1-5-34(30,31)28(27-25(29)17-19(2)3)15-14-21-10-13-23(24(18-21)32-4)33-16-6-7-20-8-11-22(26)12-9-20/h8-13,18-19H,5,14-17H2,1-4H3,(H,27,29). The van der Waals surface area contributed by atoms with E-state index < -0.39 is 10.0 Å². The number of carbonyl (C=O) groups is 1. The molecule has 2 aromatic rings. The third-order valence-corrected chi connectivity index (χ3v) is 6.68. The number of halogens is 1. The summed E-state index contributed by atoms with van der Waals surface area (Å²) in [5.41, 5.74) is 4.20. The summed E-state index contributed by atoms with van der Waals surface area (Å²) < 4.78 is 37.0. The minimum Gasteiger partial charge on any atom is -0.493 e. The van der Waals surface area contributed by atoms with E-state index in [0.717, 1.165) is 15.5 Å². The van der Waals surface area contributed by atoms with Crippen molar-refractivity contribution in [3.05, 3.63) is 58.6 Å². The first-order chi connectivity index (χ1) is 16.1. The van der Waals surface area contributed by atoms with Crippen LogP contribution < -0.4 is 14.9 Å². The van der Waals surface area contributed by atoms with Gasteiger partial charge in [0.25, 0.3) is 0 Å². The summed E-state index contributed by atoms with van der Waals surface area (Å²) in [6.07, 6.45) is 0.630. The van der Waals surface area contributed by atoms with Crippen molar-refractivity contribution in [2.75, 3.05) is 26.0 Å². The molecular formula is C25H31ClN2O5S. The number of nitrogens with one attached hydrogen (secondary N) is 1. The Balaban J connectivity index is 2.02. The van der Waals surface area contributed by atoms with Crippen LogP contribution in [0.25, 0.3) is 0 Å². The molecule has 0 unspecified atom stereocenters. The summed E-state index contributed by atoms with van der Waals surface area (Å²) in [7, 11) is -2.07. The first kappa shape index (κ1) is 27.5. The molecular weight excluding hydrogens is 476 g/mol. The molecule has 184 valence electrons. The van der Waals surface area contributed by atoms with Crippen LogP contribution in [0.15, 0.2) is 42.5 Å². The van der Waals surface area contributed by atoms with Gasteiger partial charge in [0, 0.05) is 23.6 Å². The molecule has 0 aliphatic rings. The molecule has 0 radical (unpaired) electrons. The number of nitrogens with zero attached hydrogens (tertiary/aromatic N) is 1. The topological polar surface area (TPSA) is 84.9 Å². The minimum absolute atomic E-state index is 0.107. The molecule has 0 aliphatic carbocycles. The highest BCUT2D eigenvalue weighted by atomic mass is 35.5. The van der Waals surface area contributed by atoms with E-state index in [1.165, 1.54) is 7.11 Å². The molecule has 0 spiro atoms. The highest BCUT2D eigenvalue weighted by molar-refractivity contribution is 7.89. The lowest BCUT2D eigenvalue weighted by Crippen LogP contribution is -2.48. The first-order valence-electron chi connectivity index (χ1n) is 11.0. The van der Waals surface area contributed by atoms with Crippen LogP contribution in [0.4, 0.5) is 0 Å². The van der Waals surface area contributed by atoms with Gasteiger partial charge in [0.2, 0.25) is 15.9 Å². The number of hydrogen-bond acceptors (Lipinski definition) is 5. The van der Waals surface area contributed by atoms with Gasteiger partial charge in [-0.2, -0.15) is 0 Å². The van der Waals surface area contributed by atoms with E-state index in [-0.39, 0.29) is 37.2 Å². The second-order valence-corrected chi connectivity index (χ2v) is 10.6. The maximum Gasteiger partial charge on any atom is 0.235 e. The fourth-order valence-electron chi connectivity index (χ4n) is 2.98. The Morgan fingerprint density at radius 3 is 2.47 bits per heavy atom. The molecule has 0 atom stereocenters. The smallest absolute Gasteiger partial charge is 0.235 e. The van der Waals surface area contributed by atoms with E-state index in [1.807, 2.05) is 32.0 Å². The molecule has 2 aromatic carbocycles. The lowest BCUT2D eigenvalue weighted by molar-refractivity contribution is -0.124. The van der Waals surface area contributed by atoms with Crippen LogP contribution in [-0.4, -0.2) is 44.8 Å². The Hall–Kier alpha value is -2.73. The highest BCUT2D eigenvalue weighted by Gasteiger charge is 2.22. The second kappa shape index (κ2) is 13.2. The Bertz CT molecular complexity index is 1120. The monoisotopic (exact) mass is 506 g/mol. The van der Waals surface area contributed by atoms with Crippen LogP contribution in [0.1, 0.15) is 38.3 Å². The summed E-state index contributed by atoms with van der Waals surface area (Å²) in [6.45, 7) is 5.62. The highest BCUT2D eigenvalue weighted by Crippen LogP contribution is 2.28. The summed E-state index contributed by atoms with van der Waals surface area (Å²) in [4.78, 5) is 12.1. The van der Waals surface area contributed by atoms with Gasteiger partial charge < -0.3 is 9.47 Å². The molecule has 0 aromatic heterocycles. The van der Waals surface area contributed by atoms with E-state index >= 15 is 0 Å². The van der Waals surface area contributed by atoms with Crippen molar-refractivity contribution in [1.29, 1.82) is 0 Å². The average Bonchev–Trinajstić information content (AvgIpc) is 2.80. The van der Waals surface area contributed by atoms with Crippen molar-refractivity contribution in [3.63, 3.8) is 0 Å². The SMILES string of the molecule is CCS(=O)(=O)N(CCc1ccc(OCC#Cc2ccc(Cl)cc2)c(OC)c1)NC(=O)CC(C)C. The van der Waals surface area contributed by atoms with E-state index in [2.05, 4.69) is 17.3 Å². The number of carbonyl (C=O) groups excluding carboxylic acids is 1. The number of sulfonamides is 1. The predicted molar refractivity (Wildman–Crippen MR) is 134 cm³/mol. The zero-order valence-electron chi connectivity index (χ0n) is 19.9. The van der Waals surface area contributed by atoms with Gasteiger partial charge in [-0.25, -0.2) is 8.42 Å². The van der Waals surface area contributed by atoms with Gasteiger partial charge in [0.15, 0.2) is 11.5 Å². The van der Waals surface area contributed by atoms with Crippen LogP contribution in [0.3, 0.4) is 0 Å². The molecule has 0 aliphatic heterocycles. The molecule has 1 N–H and O–H groups in total. The molecule has 0 heterocycles. The minimum atomic E-state index is -3.60. The number of ether oxygens (including phenoxy) is 2. The van der Waals surface area contributed by atoms with Crippen LogP contribution >= 0.6 is 11.6 Å². The van der Waals surface area contributed by atoms with Gasteiger partial charge in [0.05, 0.1) is 12.9 Å². The van der Waals surface area contributed by atoms with Gasteiger partial charge in [-0.1, -0.05) is 43.4 Å². The molecule has 34 heavy (non-hydrogen) atoms. The number of amides is 1. The average molecular weight is 507 g/mol. The van der Waals surface area contributed by atoms with Crippen molar-refractivity contribution >= 4 is 27.5 Å². The number of hydrogen-bond donors (Lipinski definition) is 1. The molecule has 0 saturated heterocycles. The summed E-state index contributed by atoms with van der Waals surface area (Å²) in [5.74, 6) is 6.68. The summed E-state index contributed by atoms with van der Waals surface area (Å²) in [6, 6.07) is 12.6. The first-order valence-corrected chi connectivity index (χ1v) is 13.0. The second-order valence-electron chi connectivity index (χ2n) is 7.94. The lowest BCUT2D eigenvalue weighted by Gasteiger charge is -2.23. The zero-order chi connectivity index (χ0) is 25.1. The van der Waals surface area contributed by atoms with E-state index in [9.17, 15) is 13.2 Å². The van der Waals surface area contributed by atoms with Crippen molar-refractivity contribution in [1.82, 2.24) is 9.84 Å². The van der Waals surface area contributed by atoms with E-state index in [1.54, 1.807) is 31.2 Å². The molecule has 0 fully saturated rings. The quantitative estimate of drug-likeness (QED) is 0.367. The van der Waals surface area contributed by atoms with Crippen LogP contribution in [0.5, 0.6) is 11.5 Å². The Morgan fingerprint density at radius 2 is 1.85 bits per heavy atom. The molecule has 0 saturated carbocycles. The summed E-state index contributed by atoms with van der Waals surface area (Å²) >= 11 is 5.87. The van der Waals surface area contributed by atoms with E-state index in [4.69, 9.17) is 21.1 Å². The maximum absolute atomic E-state index is 12.4. The zero-order valence-corrected chi connectivity index (χ0v) is 21.5. The van der Waals surface area contributed by atoms with Crippen molar-refractivity contribution in [2.45, 2.75) is 33.6 Å². The van der Waals surface area contributed by atoms with Crippen LogP contribution in [0, 0.1) is 17.8 Å². The van der Waals surface area contributed by atoms with Gasteiger partial charge >= 0.3 is 0 Å². The largest absolute Gasteiger partial charge is 0.493 e. The predicted octanol–water partition coefficient (Wildman–Crippen LogP) is 4.05. The van der Waals surface area contributed by atoms with Crippen LogP contribution in [-0.2, 0) is 21.2 Å². The van der Waals surface area contributed by atoms with Gasteiger partial charge in [-0.05, 0) is 61.2 Å². The number of hydrazine groups is 1. The fourth-order valence-corrected chi connectivity index (χ4v) is 4.03. The molecule has 2 rings (SSSR count). The normalized spacial score (nSPS) is 11.1. The molecule has 9 heteroatoms. The van der Waals surface area contributed by atoms with E-state index in [0.29, 0.717) is 22.9 Å². The third kappa shape index (κ3) is 8.90. The number of rotatable bonds is 11. The van der Waals surface area contributed by atoms with Crippen molar-refractivity contribution in [3.8, 4) is 23.3 Å². The third-order valence-electron chi connectivity index (χ3n) is 4.75. The molecule has 7 nitrogen and oxygen atoms in total.